The number of rotatable bonds is 2. The Morgan fingerprint density at radius 2 is 2.19 bits per heavy atom. The Balaban J connectivity index is 0.00000144. The highest BCUT2D eigenvalue weighted by atomic mass is 16.2. The van der Waals surface area contributed by atoms with Crippen LogP contribution in [0, 0.1) is 0 Å². The van der Waals surface area contributed by atoms with Crippen molar-refractivity contribution >= 4 is 16.8 Å². The van der Waals surface area contributed by atoms with Crippen molar-refractivity contribution in [3.05, 3.63) is 59.0 Å². The number of pyridine rings is 1. The number of aromatic amines is 1. The van der Waals surface area contributed by atoms with Crippen LogP contribution >= 0.6 is 0 Å². The average molecular weight is 218 g/mol. The zero-order chi connectivity index (χ0) is 11.5. The zero-order valence-electron chi connectivity index (χ0n) is 8.49. The number of hydrogen-bond donors (Lipinski definition) is 2. The standard InChI is InChI=1S/C12H10N2O2.2H2/c1-2-13-12(16)9-7-14-10-6-4-3-5-8(10)11(9)15;;/h2-7H,1H2,(H,13,16)(H,14,15);2*1H. The molecule has 0 aliphatic carbocycles. The molecule has 1 amide bonds. The summed E-state index contributed by atoms with van der Waals surface area (Å²) in [7, 11) is 0. The number of benzene rings is 1. The number of H-pyrrole nitrogens is 1. The minimum atomic E-state index is -0.456. The number of fused-ring (bicyclic) bond motifs is 1. The molecule has 0 aliphatic heterocycles. The van der Waals surface area contributed by atoms with Gasteiger partial charge in [-0.25, -0.2) is 0 Å². The first-order valence-corrected chi connectivity index (χ1v) is 4.76. The highest BCUT2D eigenvalue weighted by molar-refractivity contribution is 5.97. The third kappa shape index (κ3) is 1.61. The van der Waals surface area contributed by atoms with E-state index < -0.39 is 5.91 Å². The van der Waals surface area contributed by atoms with Crippen molar-refractivity contribution in [2.75, 3.05) is 0 Å². The molecule has 2 rings (SSSR count). The molecule has 16 heavy (non-hydrogen) atoms. The number of aromatic nitrogens is 1. The van der Waals surface area contributed by atoms with E-state index in [1.54, 1.807) is 18.2 Å². The van der Waals surface area contributed by atoms with E-state index in [4.69, 9.17) is 0 Å². The molecule has 2 aromatic rings. The van der Waals surface area contributed by atoms with Gasteiger partial charge in [0.05, 0.1) is 0 Å². The lowest BCUT2D eigenvalue weighted by atomic mass is 10.1. The molecule has 1 aromatic carbocycles. The van der Waals surface area contributed by atoms with Crippen LogP contribution in [0.15, 0.2) is 48.0 Å². The molecule has 4 nitrogen and oxygen atoms in total. The molecule has 0 radical (unpaired) electrons. The van der Waals surface area contributed by atoms with E-state index in [1.807, 2.05) is 6.07 Å². The quantitative estimate of drug-likeness (QED) is 0.808. The third-order valence-electron chi connectivity index (χ3n) is 2.27. The van der Waals surface area contributed by atoms with Crippen LogP contribution in [0.1, 0.15) is 13.2 Å². The summed E-state index contributed by atoms with van der Waals surface area (Å²) in [6.07, 6.45) is 2.65. The Labute approximate surface area is 94.6 Å². The summed E-state index contributed by atoms with van der Waals surface area (Å²) in [5, 5.41) is 2.87. The van der Waals surface area contributed by atoms with Crippen molar-refractivity contribution in [3.8, 4) is 0 Å². The molecular formula is C12H14N2O2. The highest BCUT2D eigenvalue weighted by Gasteiger charge is 2.10. The van der Waals surface area contributed by atoms with Crippen LogP contribution in [0.2, 0.25) is 0 Å². The van der Waals surface area contributed by atoms with Gasteiger partial charge >= 0.3 is 0 Å². The van der Waals surface area contributed by atoms with E-state index in [9.17, 15) is 9.59 Å². The van der Waals surface area contributed by atoms with Crippen molar-refractivity contribution in [1.82, 2.24) is 10.3 Å². The van der Waals surface area contributed by atoms with Crippen LogP contribution in [-0.4, -0.2) is 10.9 Å². The second kappa shape index (κ2) is 4.02. The fraction of sp³-hybridized carbons (Fsp3) is 0. The van der Waals surface area contributed by atoms with Gasteiger partial charge in [-0.15, -0.1) is 0 Å². The van der Waals surface area contributed by atoms with Crippen LogP contribution in [0.4, 0.5) is 0 Å². The Kier molecular flexibility index (Phi) is 2.55. The van der Waals surface area contributed by atoms with Gasteiger partial charge in [-0.1, -0.05) is 18.7 Å². The van der Waals surface area contributed by atoms with Crippen molar-refractivity contribution in [3.63, 3.8) is 0 Å². The first-order chi connectivity index (χ1) is 7.74. The maximum absolute atomic E-state index is 11.9. The molecule has 84 valence electrons. The maximum Gasteiger partial charge on any atom is 0.260 e. The first-order valence-electron chi connectivity index (χ1n) is 4.76. The predicted octanol–water partition coefficient (Wildman–Crippen LogP) is 1.89. The van der Waals surface area contributed by atoms with Gasteiger partial charge in [0.25, 0.3) is 5.91 Å². The monoisotopic (exact) mass is 218 g/mol. The number of nitrogens with one attached hydrogen (secondary N) is 2. The second-order valence-electron chi connectivity index (χ2n) is 3.25. The van der Waals surface area contributed by atoms with Gasteiger partial charge in [0, 0.05) is 20.0 Å². The van der Waals surface area contributed by atoms with E-state index in [2.05, 4.69) is 16.9 Å². The molecule has 2 N–H and O–H groups in total. The summed E-state index contributed by atoms with van der Waals surface area (Å²) in [6.45, 7) is 3.37. The Morgan fingerprint density at radius 3 is 2.94 bits per heavy atom. The van der Waals surface area contributed by atoms with Crippen molar-refractivity contribution < 1.29 is 7.65 Å². The molecule has 0 fully saturated rings. The van der Waals surface area contributed by atoms with Crippen molar-refractivity contribution in [2.45, 2.75) is 0 Å². The smallest absolute Gasteiger partial charge is 0.260 e. The number of carbonyl (C=O) groups excluding carboxylic acids is 1. The van der Waals surface area contributed by atoms with Gasteiger partial charge < -0.3 is 10.3 Å². The third-order valence-corrected chi connectivity index (χ3v) is 2.27. The van der Waals surface area contributed by atoms with Crippen molar-refractivity contribution in [2.24, 2.45) is 0 Å². The second-order valence-corrected chi connectivity index (χ2v) is 3.25. The Bertz CT molecular complexity index is 623. The summed E-state index contributed by atoms with van der Waals surface area (Å²) in [6, 6.07) is 7.04. The van der Waals surface area contributed by atoms with Crippen LogP contribution in [-0.2, 0) is 0 Å². The minimum Gasteiger partial charge on any atom is -0.360 e. The SMILES string of the molecule is C=CNC(=O)c1c[nH]c2ccccc2c1=O.[HH].[HH]. The van der Waals surface area contributed by atoms with Gasteiger partial charge in [-0.2, -0.15) is 0 Å². The molecule has 0 aliphatic rings. The molecule has 0 unspecified atom stereocenters. The zero-order valence-corrected chi connectivity index (χ0v) is 8.49. The molecule has 0 spiro atoms. The highest BCUT2D eigenvalue weighted by Crippen LogP contribution is 2.06. The van der Waals surface area contributed by atoms with Crippen LogP contribution in [0.5, 0.6) is 0 Å². The minimum absolute atomic E-state index is 0. The lowest BCUT2D eigenvalue weighted by molar-refractivity contribution is 0.0969. The van der Waals surface area contributed by atoms with E-state index in [0.29, 0.717) is 10.9 Å². The summed E-state index contributed by atoms with van der Waals surface area (Å²) in [5.41, 5.74) is 0.509. The van der Waals surface area contributed by atoms with Gasteiger partial charge in [0.2, 0.25) is 5.43 Å². The Hall–Kier alpha value is -2.36. The summed E-state index contributed by atoms with van der Waals surface area (Å²) >= 11 is 0. The number of carbonyl (C=O) groups is 1. The predicted molar refractivity (Wildman–Crippen MR) is 66.5 cm³/mol. The van der Waals surface area contributed by atoms with Gasteiger partial charge in [0.1, 0.15) is 5.56 Å². The molecule has 0 atom stereocenters. The largest absolute Gasteiger partial charge is 0.360 e. The molecular weight excluding hydrogens is 204 g/mol. The normalized spacial score (nSPS) is 10.0. The fourth-order valence-electron chi connectivity index (χ4n) is 1.51. The first kappa shape index (κ1) is 10.2. The number of para-hydroxylation sites is 1. The van der Waals surface area contributed by atoms with Gasteiger partial charge in [0.15, 0.2) is 0 Å². The summed E-state index contributed by atoms with van der Waals surface area (Å²) < 4.78 is 0. The lowest BCUT2D eigenvalue weighted by Crippen LogP contribution is -2.24. The molecule has 0 saturated carbocycles. The van der Waals surface area contributed by atoms with Crippen molar-refractivity contribution in [1.29, 1.82) is 0 Å². The van der Waals surface area contributed by atoms with E-state index in [-0.39, 0.29) is 13.8 Å². The van der Waals surface area contributed by atoms with E-state index >= 15 is 0 Å². The topological polar surface area (TPSA) is 62.0 Å². The fourth-order valence-corrected chi connectivity index (χ4v) is 1.51. The number of amides is 1. The molecule has 1 heterocycles. The van der Waals surface area contributed by atoms with Crippen LogP contribution in [0.3, 0.4) is 0 Å². The van der Waals surface area contributed by atoms with Crippen LogP contribution < -0.4 is 10.7 Å². The maximum atomic E-state index is 11.9. The lowest BCUT2D eigenvalue weighted by Gasteiger charge is -2.01. The average Bonchev–Trinajstić information content (AvgIpc) is 2.30. The molecule has 1 aromatic heterocycles. The molecule has 0 saturated heterocycles. The van der Waals surface area contributed by atoms with Gasteiger partial charge in [-0.05, 0) is 18.3 Å². The number of hydrogen-bond acceptors (Lipinski definition) is 2. The van der Waals surface area contributed by atoms with E-state index in [0.717, 1.165) is 0 Å². The summed E-state index contributed by atoms with van der Waals surface area (Å²) in [5.74, 6) is -0.456. The molecule has 4 heteroatoms. The van der Waals surface area contributed by atoms with E-state index in [1.165, 1.54) is 12.4 Å². The van der Waals surface area contributed by atoms with Crippen LogP contribution in [0.25, 0.3) is 10.9 Å². The van der Waals surface area contributed by atoms with Gasteiger partial charge in [-0.3, -0.25) is 9.59 Å². The Morgan fingerprint density at radius 1 is 1.44 bits per heavy atom. The molecule has 0 bridgehead atoms. The summed E-state index contributed by atoms with van der Waals surface area (Å²) in [4.78, 5) is 26.3.